The van der Waals surface area contributed by atoms with Crippen LogP contribution in [0.1, 0.15) is 0 Å². The lowest BCUT2D eigenvalue weighted by molar-refractivity contribution is 1.39. The van der Waals surface area contributed by atoms with Gasteiger partial charge in [0.25, 0.3) is 0 Å². The SMILES string of the molecule is CN(I)c1cc(Cl)c(Cl)cc1I. The van der Waals surface area contributed by atoms with E-state index in [9.17, 15) is 0 Å². The molecule has 1 aromatic rings. The van der Waals surface area contributed by atoms with Crippen LogP contribution in [0.3, 0.4) is 0 Å². The molecule has 0 N–H and O–H groups in total. The standard InChI is InChI=1S/C7H5Cl2I2N/c1-12(11)7-3-5(9)4(8)2-6(7)10/h2-3H,1H3. The largest absolute Gasteiger partial charge is 0.317 e. The van der Waals surface area contributed by atoms with Crippen LogP contribution in [0.15, 0.2) is 12.1 Å². The van der Waals surface area contributed by atoms with E-state index in [0.717, 1.165) is 9.26 Å². The van der Waals surface area contributed by atoms with Gasteiger partial charge in [0.2, 0.25) is 0 Å². The van der Waals surface area contributed by atoms with Crippen LogP contribution < -0.4 is 3.11 Å². The molecule has 0 bridgehead atoms. The summed E-state index contributed by atoms with van der Waals surface area (Å²) >= 11 is 16.1. The van der Waals surface area contributed by atoms with Crippen LogP contribution in [-0.2, 0) is 0 Å². The van der Waals surface area contributed by atoms with E-state index in [-0.39, 0.29) is 0 Å². The lowest BCUT2D eigenvalue weighted by Crippen LogP contribution is -2.01. The van der Waals surface area contributed by atoms with E-state index < -0.39 is 0 Å². The molecule has 1 nitrogen and oxygen atoms in total. The van der Waals surface area contributed by atoms with Crippen molar-refractivity contribution in [3.05, 3.63) is 25.7 Å². The van der Waals surface area contributed by atoms with Crippen molar-refractivity contribution in [1.29, 1.82) is 0 Å². The van der Waals surface area contributed by atoms with Gasteiger partial charge in [0.15, 0.2) is 0 Å². The summed E-state index contributed by atoms with van der Waals surface area (Å²) in [6, 6.07) is 3.72. The lowest BCUT2D eigenvalue weighted by Gasteiger charge is -2.12. The Morgan fingerprint density at radius 2 is 1.75 bits per heavy atom. The van der Waals surface area contributed by atoms with Gasteiger partial charge in [-0.05, 0) is 34.7 Å². The van der Waals surface area contributed by atoms with E-state index in [1.54, 1.807) is 0 Å². The number of hydrogen-bond acceptors (Lipinski definition) is 1. The number of halogens is 4. The average Bonchev–Trinajstić information content (AvgIpc) is 1.96. The average molecular weight is 428 g/mol. The van der Waals surface area contributed by atoms with Crippen molar-refractivity contribution < 1.29 is 0 Å². The second kappa shape index (κ2) is 4.52. The molecule has 0 saturated heterocycles. The molecule has 0 radical (unpaired) electrons. The summed E-state index contributed by atoms with van der Waals surface area (Å²) in [7, 11) is 1.96. The summed E-state index contributed by atoms with van der Waals surface area (Å²) in [5.74, 6) is 0. The van der Waals surface area contributed by atoms with Crippen LogP contribution in [0.4, 0.5) is 5.69 Å². The van der Waals surface area contributed by atoms with Crippen LogP contribution in [0.5, 0.6) is 0 Å². The Kier molecular flexibility index (Phi) is 4.20. The Bertz CT molecular complexity index is 302. The zero-order valence-electron chi connectivity index (χ0n) is 6.11. The first-order valence-corrected chi connectivity index (χ1v) is 5.86. The van der Waals surface area contributed by atoms with Gasteiger partial charge in [-0.1, -0.05) is 23.2 Å². The van der Waals surface area contributed by atoms with E-state index >= 15 is 0 Å². The van der Waals surface area contributed by atoms with Crippen LogP contribution in [0.25, 0.3) is 0 Å². The molecule has 0 aliphatic carbocycles. The molecule has 0 fully saturated rings. The molecule has 1 rings (SSSR count). The van der Waals surface area contributed by atoms with E-state index in [4.69, 9.17) is 23.2 Å². The molecule has 12 heavy (non-hydrogen) atoms. The second-order valence-corrected chi connectivity index (χ2v) is 5.62. The van der Waals surface area contributed by atoms with E-state index in [1.807, 2.05) is 22.3 Å². The zero-order chi connectivity index (χ0) is 9.30. The summed E-state index contributed by atoms with van der Waals surface area (Å²) < 4.78 is 3.07. The van der Waals surface area contributed by atoms with Crippen molar-refractivity contribution in [2.75, 3.05) is 10.2 Å². The van der Waals surface area contributed by atoms with Gasteiger partial charge in [0.1, 0.15) is 0 Å². The van der Waals surface area contributed by atoms with E-state index in [0.29, 0.717) is 10.0 Å². The third kappa shape index (κ3) is 2.52. The normalized spacial score (nSPS) is 10.1. The molecular weight excluding hydrogens is 423 g/mol. The van der Waals surface area contributed by atoms with Crippen molar-refractivity contribution in [3.8, 4) is 0 Å². The predicted molar refractivity (Wildman–Crippen MR) is 71.6 cm³/mol. The minimum atomic E-state index is 0.593. The number of benzene rings is 1. The van der Waals surface area contributed by atoms with E-state index in [2.05, 4.69) is 45.5 Å². The maximum Gasteiger partial charge on any atom is 0.0613 e. The van der Waals surface area contributed by atoms with Crippen LogP contribution in [0, 0.1) is 3.57 Å². The number of nitrogens with zero attached hydrogens (tertiary/aromatic N) is 1. The van der Waals surface area contributed by atoms with Crippen LogP contribution >= 0.6 is 68.7 Å². The molecule has 66 valence electrons. The Balaban J connectivity index is 3.23. The zero-order valence-corrected chi connectivity index (χ0v) is 11.9. The lowest BCUT2D eigenvalue weighted by atomic mass is 10.3. The number of rotatable bonds is 1. The summed E-state index contributed by atoms with van der Waals surface area (Å²) in [6.07, 6.45) is 0. The van der Waals surface area contributed by atoms with Crippen molar-refractivity contribution in [1.82, 2.24) is 0 Å². The molecule has 0 aromatic heterocycles. The van der Waals surface area contributed by atoms with Gasteiger partial charge in [-0.15, -0.1) is 0 Å². The van der Waals surface area contributed by atoms with Gasteiger partial charge >= 0.3 is 0 Å². The Morgan fingerprint density at radius 3 is 2.25 bits per heavy atom. The fourth-order valence-corrected chi connectivity index (χ4v) is 2.94. The highest BCUT2D eigenvalue weighted by Gasteiger charge is 2.06. The Morgan fingerprint density at radius 1 is 1.25 bits per heavy atom. The number of hydrogen-bond donors (Lipinski definition) is 0. The van der Waals surface area contributed by atoms with Gasteiger partial charge in [-0.25, -0.2) is 0 Å². The first-order chi connectivity index (χ1) is 5.52. The van der Waals surface area contributed by atoms with Crippen molar-refractivity contribution >= 4 is 74.3 Å². The highest BCUT2D eigenvalue weighted by atomic mass is 127. The summed E-state index contributed by atoms with van der Waals surface area (Å²) in [5, 5.41) is 1.19. The van der Waals surface area contributed by atoms with Crippen molar-refractivity contribution in [2.45, 2.75) is 0 Å². The summed E-state index contributed by atoms with van der Waals surface area (Å²) in [4.78, 5) is 0. The molecule has 0 amide bonds. The summed E-state index contributed by atoms with van der Waals surface area (Å²) in [5.41, 5.74) is 1.07. The van der Waals surface area contributed by atoms with Gasteiger partial charge in [0.05, 0.1) is 38.6 Å². The van der Waals surface area contributed by atoms with Gasteiger partial charge in [-0.3, -0.25) is 0 Å². The van der Waals surface area contributed by atoms with Crippen LogP contribution in [-0.4, -0.2) is 7.05 Å². The quantitative estimate of drug-likeness (QED) is 0.365. The molecular formula is C7H5Cl2I2N. The van der Waals surface area contributed by atoms with Crippen molar-refractivity contribution in [2.24, 2.45) is 0 Å². The van der Waals surface area contributed by atoms with E-state index in [1.165, 1.54) is 0 Å². The smallest absolute Gasteiger partial charge is 0.0613 e. The molecule has 5 heteroatoms. The number of anilines is 1. The summed E-state index contributed by atoms with van der Waals surface area (Å²) in [6.45, 7) is 0. The molecule has 0 heterocycles. The Labute approximate surface area is 109 Å². The molecule has 0 spiro atoms. The minimum Gasteiger partial charge on any atom is -0.317 e. The fourth-order valence-electron chi connectivity index (χ4n) is 0.748. The van der Waals surface area contributed by atoms with Crippen LogP contribution in [0.2, 0.25) is 10.0 Å². The molecule has 1 aromatic carbocycles. The molecule has 0 unspecified atom stereocenters. The molecule has 0 aliphatic rings. The maximum atomic E-state index is 5.86. The monoisotopic (exact) mass is 427 g/mol. The predicted octanol–water partition coefficient (Wildman–Crippen LogP) is 4.38. The Hall–Kier alpha value is 1.06. The first-order valence-electron chi connectivity index (χ1n) is 3.06. The minimum absolute atomic E-state index is 0.593. The first kappa shape index (κ1) is 11.1. The second-order valence-electron chi connectivity index (χ2n) is 2.19. The van der Waals surface area contributed by atoms with Gasteiger partial charge in [-0.2, -0.15) is 0 Å². The highest BCUT2D eigenvalue weighted by molar-refractivity contribution is 14.1. The van der Waals surface area contributed by atoms with Gasteiger partial charge in [0, 0.05) is 10.6 Å². The third-order valence-corrected chi connectivity index (χ3v) is 3.43. The molecule has 0 saturated carbocycles. The topological polar surface area (TPSA) is 3.24 Å². The fraction of sp³-hybridized carbons (Fsp3) is 0.143. The maximum absolute atomic E-state index is 5.86. The van der Waals surface area contributed by atoms with Gasteiger partial charge < -0.3 is 3.11 Å². The molecule has 0 atom stereocenters. The molecule has 0 aliphatic heterocycles. The highest BCUT2D eigenvalue weighted by Crippen LogP contribution is 2.32. The third-order valence-electron chi connectivity index (χ3n) is 1.32. The van der Waals surface area contributed by atoms with Crippen molar-refractivity contribution in [3.63, 3.8) is 0 Å².